The quantitative estimate of drug-likeness (QED) is 0.576. The second-order valence-corrected chi connectivity index (χ2v) is 3.77. The van der Waals surface area contributed by atoms with Crippen LogP contribution in [0.5, 0.6) is 0 Å². The molecule has 0 saturated heterocycles. The predicted molar refractivity (Wildman–Crippen MR) is 67.2 cm³/mol. The Morgan fingerprint density at radius 1 is 1.29 bits per heavy atom. The molecule has 1 nitrogen and oxygen atoms in total. The normalized spacial score (nSPS) is 11.3. The Kier molecular flexibility index (Phi) is 4.23. The molecular weight excluding hydrogens is 214 g/mol. The first-order valence-electron chi connectivity index (χ1n) is 4.25. The van der Waals surface area contributed by atoms with Gasteiger partial charge in [-0.25, -0.2) is 0 Å². The fourth-order valence-corrected chi connectivity index (χ4v) is 1.36. The number of rotatable bonds is 2. The summed E-state index contributed by atoms with van der Waals surface area (Å²) in [4.78, 5) is 4.35. The van der Waals surface area contributed by atoms with Crippen molar-refractivity contribution in [2.75, 3.05) is 0 Å². The zero-order valence-corrected chi connectivity index (χ0v) is 9.81. The molecule has 1 aromatic rings. The predicted octanol–water partition coefficient (Wildman–Crippen LogP) is 4.05. The van der Waals surface area contributed by atoms with Crippen LogP contribution in [0.25, 0.3) is 5.70 Å². The van der Waals surface area contributed by atoms with Crippen LogP contribution in [0.15, 0.2) is 34.7 Å². The standard InChI is InChI=1S/C11H12ClNS/c1-8(2)13-11(7-14)9-3-5-10(12)6-4-9/h3-7,14H,1-2H3/b11-7-. The van der Waals surface area contributed by atoms with Crippen LogP contribution >= 0.6 is 24.2 Å². The second-order valence-electron chi connectivity index (χ2n) is 3.08. The van der Waals surface area contributed by atoms with Gasteiger partial charge in [-0.05, 0) is 31.4 Å². The van der Waals surface area contributed by atoms with Crippen molar-refractivity contribution < 1.29 is 0 Å². The van der Waals surface area contributed by atoms with E-state index in [1.54, 1.807) is 5.41 Å². The number of hydrogen-bond acceptors (Lipinski definition) is 2. The second kappa shape index (κ2) is 5.23. The van der Waals surface area contributed by atoms with Crippen LogP contribution in [0.1, 0.15) is 19.4 Å². The molecule has 0 aliphatic heterocycles. The van der Waals surface area contributed by atoms with Crippen LogP contribution < -0.4 is 0 Å². The molecule has 0 saturated carbocycles. The SMILES string of the molecule is CC(C)=N/C(=C\S)c1ccc(Cl)cc1. The van der Waals surface area contributed by atoms with E-state index < -0.39 is 0 Å². The maximum absolute atomic E-state index is 5.79. The third-order valence-electron chi connectivity index (χ3n) is 1.61. The summed E-state index contributed by atoms with van der Waals surface area (Å²) in [7, 11) is 0. The topological polar surface area (TPSA) is 12.4 Å². The number of thiol groups is 1. The van der Waals surface area contributed by atoms with Crippen LogP contribution in [0.4, 0.5) is 0 Å². The molecule has 0 aliphatic rings. The summed E-state index contributed by atoms with van der Waals surface area (Å²) in [6.45, 7) is 3.90. The van der Waals surface area contributed by atoms with Crippen LogP contribution in [0.3, 0.4) is 0 Å². The van der Waals surface area contributed by atoms with Gasteiger partial charge in [-0.1, -0.05) is 23.7 Å². The van der Waals surface area contributed by atoms with E-state index in [2.05, 4.69) is 17.6 Å². The van der Waals surface area contributed by atoms with E-state index in [0.717, 1.165) is 22.0 Å². The van der Waals surface area contributed by atoms with Crippen molar-refractivity contribution >= 4 is 35.6 Å². The van der Waals surface area contributed by atoms with E-state index in [1.807, 2.05) is 38.1 Å². The summed E-state index contributed by atoms with van der Waals surface area (Å²) in [6.07, 6.45) is 0. The lowest BCUT2D eigenvalue weighted by Gasteiger charge is -2.01. The fraction of sp³-hybridized carbons (Fsp3) is 0.182. The highest BCUT2D eigenvalue weighted by Crippen LogP contribution is 2.19. The number of halogens is 1. The van der Waals surface area contributed by atoms with Gasteiger partial charge in [0.1, 0.15) is 0 Å². The molecule has 0 amide bonds. The van der Waals surface area contributed by atoms with Crippen molar-refractivity contribution in [1.82, 2.24) is 0 Å². The molecule has 0 bridgehead atoms. The number of aliphatic imine (C=N–C) groups is 1. The Labute approximate surface area is 94.9 Å². The van der Waals surface area contributed by atoms with Crippen molar-refractivity contribution in [2.24, 2.45) is 4.99 Å². The highest BCUT2D eigenvalue weighted by molar-refractivity contribution is 7.83. The molecule has 0 spiro atoms. The Morgan fingerprint density at radius 3 is 2.29 bits per heavy atom. The van der Waals surface area contributed by atoms with Crippen molar-refractivity contribution in [3.63, 3.8) is 0 Å². The Balaban J connectivity index is 3.03. The Bertz CT molecular complexity index is 361. The minimum Gasteiger partial charge on any atom is -0.257 e. The van der Waals surface area contributed by atoms with Crippen LogP contribution in [-0.2, 0) is 0 Å². The lowest BCUT2D eigenvalue weighted by molar-refractivity contribution is 1.48. The van der Waals surface area contributed by atoms with E-state index in [9.17, 15) is 0 Å². The van der Waals surface area contributed by atoms with E-state index in [1.165, 1.54) is 0 Å². The summed E-state index contributed by atoms with van der Waals surface area (Å²) in [6, 6.07) is 7.54. The smallest absolute Gasteiger partial charge is 0.0761 e. The zero-order valence-electron chi connectivity index (χ0n) is 8.16. The van der Waals surface area contributed by atoms with Crippen molar-refractivity contribution in [1.29, 1.82) is 0 Å². The van der Waals surface area contributed by atoms with Crippen molar-refractivity contribution in [3.05, 3.63) is 40.3 Å². The molecular formula is C11H12ClNS. The first kappa shape index (κ1) is 11.3. The first-order chi connectivity index (χ1) is 6.63. The molecule has 0 atom stereocenters. The molecule has 1 aromatic carbocycles. The maximum atomic E-state index is 5.79. The van der Waals surface area contributed by atoms with Crippen molar-refractivity contribution in [2.45, 2.75) is 13.8 Å². The van der Waals surface area contributed by atoms with Gasteiger partial charge in [0, 0.05) is 16.3 Å². The molecule has 3 heteroatoms. The maximum Gasteiger partial charge on any atom is 0.0761 e. The van der Waals surface area contributed by atoms with Crippen LogP contribution in [0.2, 0.25) is 5.02 Å². The van der Waals surface area contributed by atoms with E-state index in [0.29, 0.717) is 0 Å². The molecule has 0 N–H and O–H groups in total. The molecule has 74 valence electrons. The molecule has 0 fully saturated rings. The van der Waals surface area contributed by atoms with Gasteiger partial charge in [0.25, 0.3) is 0 Å². The van der Waals surface area contributed by atoms with Crippen LogP contribution in [-0.4, -0.2) is 5.71 Å². The van der Waals surface area contributed by atoms with Crippen molar-refractivity contribution in [3.8, 4) is 0 Å². The summed E-state index contributed by atoms with van der Waals surface area (Å²) < 4.78 is 0. The Hall–Kier alpha value is -0.730. The molecule has 14 heavy (non-hydrogen) atoms. The first-order valence-corrected chi connectivity index (χ1v) is 5.15. The monoisotopic (exact) mass is 225 g/mol. The van der Waals surface area contributed by atoms with E-state index >= 15 is 0 Å². The number of hydrogen-bond donors (Lipinski definition) is 1. The number of nitrogens with zero attached hydrogens (tertiary/aromatic N) is 1. The summed E-state index contributed by atoms with van der Waals surface area (Å²) >= 11 is 9.92. The highest BCUT2D eigenvalue weighted by atomic mass is 35.5. The highest BCUT2D eigenvalue weighted by Gasteiger charge is 1.98. The minimum atomic E-state index is 0.726. The van der Waals surface area contributed by atoms with Gasteiger partial charge in [0.05, 0.1) is 5.70 Å². The van der Waals surface area contributed by atoms with E-state index in [-0.39, 0.29) is 0 Å². The average molecular weight is 226 g/mol. The Morgan fingerprint density at radius 2 is 1.86 bits per heavy atom. The third kappa shape index (κ3) is 3.20. The molecule has 0 unspecified atom stereocenters. The third-order valence-corrected chi connectivity index (χ3v) is 2.10. The van der Waals surface area contributed by atoms with Gasteiger partial charge in [-0.15, -0.1) is 12.6 Å². The molecule has 0 aromatic heterocycles. The summed E-state index contributed by atoms with van der Waals surface area (Å²) in [5.41, 5.74) is 2.87. The number of benzene rings is 1. The molecule has 0 heterocycles. The average Bonchev–Trinajstić information content (AvgIpc) is 2.15. The van der Waals surface area contributed by atoms with Crippen LogP contribution in [0, 0.1) is 0 Å². The molecule has 0 radical (unpaired) electrons. The fourth-order valence-electron chi connectivity index (χ4n) is 1.03. The lowest BCUT2D eigenvalue weighted by atomic mass is 10.2. The van der Waals surface area contributed by atoms with Gasteiger partial charge in [-0.2, -0.15) is 0 Å². The van der Waals surface area contributed by atoms with Gasteiger partial charge in [-0.3, -0.25) is 4.99 Å². The molecule has 0 aliphatic carbocycles. The lowest BCUT2D eigenvalue weighted by Crippen LogP contribution is -1.85. The van der Waals surface area contributed by atoms with Gasteiger partial charge in [0.15, 0.2) is 0 Å². The summed E-state index contributed by atoms with van der Waals surface area (Å²) in [5, 5.41) is 2.42. The summed E-state index contributed by atoms with van der Waals surface area (Å²) in [5.74, 6) is 0. The zero-order chi connectivity index (χ0) is 10.6. The van der Waals surface area contributed by atoms with E-state index in [4.69, 9.17) is 11.6 Å². The van der Waals surface area contributed by atoms with Gasteiger partial charge in [0.2, 0.25) is 0 Å². The van der Waals surface area contributed by atoms with Gasteiger partial charge >= 0.3 is 0 Å². The largest absolute Gasteiger partial charge is 0.257 e. The minimum absolute atomic E-state index is 0.726. The van der Waals surface area contributed by atoms with Gasteiger partial charge < -0.3 is 0 Å². The molecule has 1 rings (SSSR count).